The summed E-state index contributed by atoms with van der Waals surface area (Å²) >= 11 is 0. The van der Waals surface area contributed by atoms with Gasteiger partial charge in [0.05, 0.1) is 18.1 Å². The fraction of sp³-hybridized carbons (Fsp3) is 0.700. The smallest absolute Gasteiger partial charge is 0.172 e. The van der Waals surface area contributed by atoms with Crippen LogP contribution in [0, 0.1) is 28.6 Å². The van der Waals surface area contributed by atoms with E-state index in [1.54, 1.807) is 0 Å². The number of carbonyl (C=O) groups excluding carboxylic acids is 1. The molecule has 0 saturated heterocycles. The maximum Gasteiger partial charge on any atom is 0.172 e. The van der Waals surface area contributed by atoms with E-state index in [1.807, 2.05) is 0 Å². The summed E-state index contributed by atoms with van der Waals surface area (Å²) in [5.41, 5.74) is 0. The number of nitriles is 2. The Bertz CT molecular complexity index is 220. The second-order valence-electron chi connectivity index (χ2n) is 3.13. The van der Waals surface area contributed by atoms with Crippen LogP contribution in [0.25, 0.3) is 0 Å². The van der Waals surface area contributed by atoms with E-state index in [-0.39, 0.29) is 0 Å². The Kier molecular flexibility index (Phi) is 7.17. The van der Waals surface area contributed by atoms with Crippen LogP contribution >= 0.6 is 0 Å². The molecule has 0 heterocycles. The highest BCUT2D eigenvalue weighted by atomic mass is 16.4. The van der Waals surface area contributed by atoms with Crippen molar-refractivity contribution in [3.05, 3.63) is 0 Å². The highest BCUT2D eigenvalue weighted by Crippen LogP contribution is 2.15. The van der Waals surface area contributed by atoms with Gasteiger partial charge in [0.15, 0.2) is 5.92 Å². The summed E-state index contributed by atoms with van der Waals surface area (Å²) < 4.78 is 0. The normalized spacial score (nSPS) is 14.5. The van der Waals surface area contributed by atoms with Gasteiger partial charge in [0, 0.05) is 0 Å². The van der Waals surface area contributed by atoms with Crippen LogP contribution in [0.4, 0.5) is 0 Å². The maximum atomic E-state index is 9.61. The first-order chi connectivity index (χ1) is 6.72. The third-order valence-corrected chi connectivity index (χ3v) is 1.99. The van der Waals surface area contributed by atoms with Gasteiger partial charge in [0.2, 0.25) is 0 Å². The molecule has 0 aromatic heterocycles. The molecule has 0 aliphatic heterocycles. The summed E-state index contributed by atoms with van der Waals surface area (Å²) in [4.78, 5) is 9.61. The quantitative estimate of drug-likeness (QED) is 0.614. The van der Waals surface area contributed by atoms with E-state index in [2.05, 4.69) is 0 Å². The molecule has 0 N–H and O–H groups in total. The highest BCUT2D eigenvalue weighted by Gasteiger charge is 2.03. The number of aliphatic carboxylic acids is 1. The highest BCUT2D eigenvalue weighted by molar-refractivity contribution is 5.73. The van der Waals surface area contributed by atoms with Crippen LogP contribution in [-0.2, 0) is 4.79 Å². The number of hydrogen-bond acceptors (Lipinski definition) is 4. The molecule has 0 aromatic rings. The number of carboxylic acids is 1. The SMILES string of the molecule is C1CCCCC1.N#CC(C#N)C(=O)[O-]. The monoisotopic (exact) mass is 193 g/mol. The molecular weight excluding hydrogens is 180 g/mol. The van der Waals surface area contributed by atoms with E-state index in [4.69, 9.17) is 10.5 Å². The van der Waals surface area contributed by atoms with Gasteiger partial charge in [-0.3, -0.25) is 0 Å². The Morgan fingerprint density at radius 2 is 1.29 bits per heavy atom. The van der Waals surface area contributed by atoms with Crippen molar-refractivity contribution in [3.63, 3.8) is 0 Å². The Balaban J connectivity index is 0.000000249. The molecule has 0 unspecified atom stereocenters. The summed E-state index contributed by atoms with van der Waals surface area (Å²) in [5.74, 6) is -3.27. The summed E-state index contributed by atoms with van der Waals surface area (Å²) in [5, 5.41) is 25.2. The lowest BCUT2D eigenvalue weighted by atomic mass is 10.0. The second kappa shape index (κ2) is 8.07. The van der Waals surface area contributed by atoms with Crippen molar-refractivity contribution in [2.45, 2.75) is 38.5 Å². The van der Waals surface area contributed by atoms with Gasteiger partial charge in [0.1, 0.15) is 0 Å². The third-order valence-electron chi connectivity index (χ3n) is 1.99. The lowest BCUT2D eigenvalue weighted by molar-refractivity contribution is -0.307. The Morgan fingerprint density at radius 1 is 1.00 bits per heavy atom. The van der Waals surface area contributed by atoms with Crippen molar-refractivity contribution in [2.75, 3.05) is 0 Å². The van der Waals surface area contributed by atoms with Crippen LogP contribution in [0.15, 0.2) is 0 Å². The molecule has 1 fully saturated rings. The number of carbonyl (C=O) groups is 1. The van der Waals surface area contributed by atoms with E-state index < -0.39 is 11.9 Å². The fourth-order valence-corrected chi connectivity index (χ4v) is 1.19. The van der Waals surface area contributed by atoms with Crippen molar-refractivity contribution in [1.29, 1.82) is 10.5 Å². The first kappa shape index (κ1) is 12.4. The molecular formula is C10H13N2O2-. The Hall–Kier alpha value is -1.55. The zero-order chi connectivity index (χ0) is 10.8. The van der Waals surface area contributed by atoms with Crippen LogP contribution in [0.3, 0.4) is 0 Å². The van der Waals surface area contributed by atoms with Gasteiger partial charge >= 0.3 is 0 Å². The molecule has 1 aliphatic rings. The number of nitrogens with zero attached hydrogens (tertiary/aromatic N) is 2. The number of hydrogen-bond donors (Lipinski definition) is 0. The largest absolute Gasteiger partial charge is 0.548 e. The topological polar surface area (TPSA) is 87.7 Å². The summed E-state index contributed by atoms with van der Waals surface area (Å²) in [6, 6.07) is 2.46. The molecule has 0 radical (unpaired) electrons. The van der Waals surface area contributed by atoms with Gasteiger partial charge in [-0.25, -0.2) is 0 Å². The first-order valence-electron chi connectivity index (χ1n) is 4.72. The van der Waals surface area contributed by atoms with Crippen LogP contribution in [0.5, 0.6) is 0 Å². The Labute approximate surface area is 83.8 Å². The number of rotatable bonds is 1. The molecule has 0 atom stereocenters. The molecule has 1 aliphatic carbocycles. The standard InChI is InChI=1S/C6H12.C4H2N2O2/c1-2-4-6-5-3-1;5-1-3(2-6)4(7)8/h1-6H2;3H,(H,7,8)/p-1. The van der Waals surface area contributed by atoms with Gasteiger partial charge in [-0.15, -0.1) is 0 Å². The van der Waals surface area contributed by atoms with E-state index in [1.165, 1.54) is 50.7 Å². The molecule has 4 nitrogen and oxygen atoms in total. The Morgan fingerprint density at radius 3 is 1.36 bits per heavy atom. The van der Waals surface area contributed by atoms with Crippen molar-refractivity contribution in [3.8, 4) is 12.1 Å². The van der Waals surface area contributed by atoms with Crippen molar-refractivity contribution in [1.82, 2.24) is 0 Å². The second-order valence-corrected chi connectivity index (χ2v) is 3.13. The summed E-state index contributed by atoms with van der Waals surface area (Å²) in [6.07, 6.45) is 9.00. The molecule has 1 rings (SSSR count). The third kappa shape index (κ3) is 6.02. The lowest BCUT2D eigenvalue weighted by Gasteiger charge is -2.05. The van der Waals surface area contributed by atoms with Crippen molar-refractivity contribution >= 4 is 5.97 Å². The van der Waals surface area contributed by atoms with Crippen LogP contribution in [-0.4, -0.2) is 5.97 Å². The molecule has 0 amide bonds. The van der Waals surface area contributed by atoms with Crippen molar-refractivity contribution in [2.24, 2.45) is 5.92 Å². The minimum absolute atomic E-state index is 1.23. The average molecular weight is 193 g/mol. The van der Waals surface area contributed by atoms with Gasteiger partial charge in [-0.2, -0.15) is 10.5 Å². The van der Waals surface area contributed by atoms with Crippen LogP contribution in [0.1, 0.15) is 38.5 Å². The maximum absolute atomic E-state index is 9.61. The van der Waals surface area contributed by atoms with E-state index in [0.29, 0.717) is 0 Å². The molecule has 0 spiro atoms. The predicted molar refractivity (Wildman–Crippen MR) is 47.4 cm³/mol. The number of carboxylic acid groups (broad SMARTS) is 1. The van der Waals surface area contributed by atoms with Gasteiger partial charge in [-0.05, 0) is 0 Å². The van der Waals surface area contributed by atoms with Gasteiger partial charge in [0.25, 0.3) is 0 Å². The van der Waals surface area contributed by atoms with E-state index in [0.717, 1.165) is 0 Å². The van der Waals surface area contributed by atoms with Crippen molar-refractivity contribution < 1.29 is 9.90 Å². The van der Waals surface area contributed by atoms with E-state index in [9.17, 15) is 9.90 Å². The first-order valence-corrected chi connectivity index (χ1v) is 4.72. The average Bonchev–Trinajstić information content (AvgIpc) is 2.22. The molecule has 1 saturated carbocycles. The van der Waals surface area contributed by atoms with Crippen LogP contribution in [0.2, 0.25) is 0 Å². The zero-order valence-corrected chi connectivity index (χ0v) is 8.03. The molecule has 4 heteroatoms. The summed E-state index contributed by atoms with van der Waals surface area (Å²) in [7, 11) is 0. The summed E-state index contributed by atoms with van der Waals surface area (Å²) in [6.45, 7) is 0. The van der Waals surface area contributed by atoms with Gasteiger partial charge < -0.3 is 9.90 Å². The van der Waals surface area contributed by atoms with Gasteiger partial charge in [-0.1, -0.05) is 38.5 Å². The van der Waals surface area contributed by atoms with E-state index >= 15 is 0 Å². The lowest BCUT2D eigenvalue weighted by Crippen LogP contribution is -2.29. The minimum atomic E-state index is -1.64. The minimum Gasteiger partial charge on any atom is -0.548 e. The molecule has 14 heavy (non-hydrogen) atoms. The predicted octanol–water partition coefficient (Wildman–Crippen LogP) is 0.740. The molecule has 0 bridgehead atoms. The zero-order valence-electron chi connectivity index (χ0n) is 8.03. The molecule has 0 aromatic carbocycles. The fourth-order valence-electron chi connectivity index (χ4n) is 1.19. The molecule has 76 valence electrons. The van der Waals surface area contributed by atoms with Crippen LogP contribution < -0.4 is 5.11 Å².